The number of carbonyl (C=O) groups excluding carboxylic acids is 1. The Morgan fingerprint density at radius 1 is 1.34 bits per heavy atom. The average Bonchev–Trinajstić information content (AvgIpc) is 3.23. The lowest BCUT2D eigenvalue weighted by atomic mass is 9.29. The minimum atomic E-state index is -0.181. The SMILES string of the molecule is COc1cccc(CC/C=C(/N=Cc2cccs2)C(=O)B2CCOCC2(C)C)c1. The second kappa shape index (κ2) is 10.0. The molecule has 4 nitrogen and oxygen atoms in total. The molecular weight excluding hydrogens is 381 g/mol. The van der Waals surface area contributed by atoms with Crippen LogP contribution in [0.5, 0.6) is 5.75 Å². The van der Waals surface area contributed by atoms with Gasteiger partial charge in [-0.15, -0.1) is 11.3 Å². The summed E-state index contributed by atoms with van der Waals surface area (Å²) in [6, 6.07) is 12.0. The summed E-state index contributed by atoms with van der Waals surface area (Å²) in [5.41, 5.74) is 1.86. The van der Waals surface area contributed by atoms with E-state index in [1.807, 2.05) is 41.8 Å². The van der Waals surface area contributed by atoms with Crippen molar-refractivity contribution in [3.8, 4) is 5.75 Å². The molecule has 0 N–H and O–H groups in total. The predicted molar refractivity (Wildman–Crippen MR) is 122 cm³/mol. The van der Waals surface area contributed by atoms with Gasteiger partial charge >= 0.3 is 0 Å². The molecule has 1 aliphatic heterocycles. The number of aliphatic imine (C=N–C) groups is 1. The fraction of sp³-hybridized carbons (Fsp3) is 0.391. The Kier molecular flexibility index (Phi) is 7.45. The van der Waals surface area contributed by atoms with E-state index in [0.29, 0.717) is 18.9 Å². The number of rotatable bonds is 8. The Balaban J connectivity index is 1.78. The van der Waals surface area contributed by atoms with Gasteiger partial charge in [0.15, 0.2) is 0 Å². The van der Waals surface area contributed by atoms with Crippen LogP contribution in [0.1, 0.15) is 30.7 Å². The largest absolute Gasteiger partial charge is 0.497 e. The highest BCUT2D eigenvalue weighted by Gasteiger charge is 2.42. The zero-order valence-electron chi connectivity index (χ0n) is 17.4. The molecule has 0 spiro atoms. The van der Waals surface area contributed by atoms with Crippen molar-refractivity contribution in [2.75, 3.05) is 20.3 Å². The Morgan fingerprint density at radius 2 is 2.21 bits per heavy atom. The normalized spacial score (nSPS) is 16.9. The summed E-state index contributed by atoms with van der Waals surface area (Å²) in [6.07, 6.45) is 6.11. The molecule has 1 saturated heterocycles. The van der Waals surface area contributed by atoms with Crippen LogP contribution in [0, 0.1) is 0 Å². The summed E-state index contributed by atoms with van der Waals surface area (Å²) in [5, 5.41) is 1.83. The first-order valence-electron chi connectivity index (χ1n) is 10.0. The third kappa shape index (κ3) is 5.90. The molecule has 1 aliphatic rings. The summed E-state index contributed by atoms with van der Waals surface area (Å²) in [5.74, 6) is 0.849. The lowest BCUT2D eigenvalue weighted by Gasteiger charge is -2.34. The molecule has 2 aromatic rings. The number of thiophene rings is 1. The molecule has 1 fully saturated rings. The standard InChI is InChI=1S/C23H28BNO3S/c1-23(2)17-28-13-12-24(23)22(26)21(25-16-20-10-6-14-29-20)11-5-8-18-7-4-9-19(15-18)27-3/h4,6-7,9-11,14-16H,5,8,12-13,17H2,1-3H3/b21-11+,25-16?. The number of benzene rings is 1. The molecule has 3 rings (SSSR count). The molecule has 1 aromatic heterocycles. The van der Waals surface area contributed by atoms with Crippen molar-refractivity contribution in [1.82, 2.24) is 0 Å². The van der Waals surface area contributed by atoms with Crippen molar-refractivity contribution in [3.05, 3.63) is 64.0 Å². The maximum absolute atomic E-state index is 13.4. The van der Waals surface area contributed by atoms with Crippen molar-refractivity contribution in [1.29, 1.82) is 0 Å². The number of carbonyl (C=O) groups is 1. The highest BCUT2D eigenvalue weighted by molar-refractivity contribution is 7.11. The van der Waals surface area contributed by atoms with Gasteiger partial charge in [0.25, 0.3) is 0 Å². The molecule has 0 radical (unpaired) electrons. The molecule has 29 heavy (non-hydrogen) atoms. The monoisotopic (exact) mass is 409 g/mol. The zero-order valence-corrected chi connectivity index (χ0v) is 18.2. The van der Waals surface area contributed by atoms with E-state index in [9.17, 15) is 4.79 Å². The van der Waals surface area contributed by atoms with Gasteiger partial charge in [0.2, 0.25) is 6.71 Å². The number of aryl methyl sites for hydroxylation is 1. The summed E-state index contributed by atoms with van der Waals surface area (Å²) in [4.78, 5) is 19.0. The van der Waals surface area contributed by atoms with Gasteiger partial charge in [-0.3, -0.25) is 4.99 Å². The van der Waals surface area contributed by atoms with Crippen molar-refractivity contribution in [2.24, 2.45) is 4.99 Å². The number of methoxy groups -OCH3 is 1. The first-order valence-corrected chi connectivity index (χ1v) is 10.9. The van der Waals surface area contributed by atoms with Crippen LogP contribution in [-0.2, 0) is 16.0 Å². The molecule has 0 amide bonds. The quantitative estimate of drug-likeness (QED) is 0.346. The maximum Gasteiger partial charge on any atom is 0.242 e. The Labute approximate surface area is 177 Å². The molecule has 152 valence electrons. The van der Waals surface area contributed by atoms with Gasteiger partial charge in [0, 0.05) is 24.3 Å². The molecular formula is C23H28BNO3S. The third-order valence-corrected chi connectivity index (χ3v) is 6.12. The molecule has 0 atom stereocenters. The lowest BCUT2D eigenvalue weighted by molar-refractivity contribution is -0.109. The lowest BCUT2D eigenvalue weighted by Crippen LogP contribution is -2.44. The first kappa shape index (κ1) is 21.5. The molecule has 0 saturated carbocycles. The molecule has 1 aromatic carbocycles. The second-order valence-electron chi connectivity index (χ2n) is 8.00. The van der Waals surface area contributed by atoms with E-state index in [2.05, 4.69) is 24.9 Å². The number of nitrogens with zero attached hydrogens (tertiary/aromatic N) is 1. The maximum atomic E-state index is 13.4. The number of hydrogen-bond acceptors (Lipinski definition) is 5. The highest BCUT2D eigenvalue weighted by atomic mass is 32.1. The van der Waals surface area contributed by atoms with Crippen LogP contribution < -0.4 is 4.74 Å². The van der Waals surface area contributed by atoms with E-state index in [-0.39, 0.29) is 17.7 Å². The van der Waals surface area contributed by atoms with Gasteiger partial charge in [-0.25, -0.2) is 0 Å². The van der Waals surface area contributed by atoms with Crippen molar-refractivity contribution >= 4 is 29.9 Å². The van der Waals surface area contributed by atoms with E-state index in [0.717, 1.165) is 29.8 Å². The van der Waals surface area contributed by atoms with Crippen LogP contribution in [0.2, 0.25) is 11.6 Å². The summed E-state index contributed by atoms with van der Waals surface area (Å²) in [7, 11) is 1.67. The molecule has 0 bridgehead atoms. The Hall–Kier alpha value is -2.18. The smallest absolute Gasteiger partial charge is 0.242 e. The zero-order chi connectivity index (χ0) is 20.7. The van der Waals surface area contributed by atoms with Crippen LogP contribution in [0.25, 0.3) is 0 Å². The van der Waals surface area contributed by atoms with Crippen molar-refractivity contribution in [2.45, 2.75) is 38.3 Å². The number of hydrogen-bond donors (Lipinski definition) is 0. The minimum Gasteiger partial charge on any atom is -0.497 e. The Bertz CT molecular complexity index is 874. The molecule has 0 unspecified atom stereocenters. The summed E-state index contributed by atoms with van der Waals surface area (Å²) < 4.78 is 10.9. The van der Waals surface area contributed by atoms with E-state index in [1.54, 1.807) is 24.7 Å². The van der Waals surface area contributed by atoms with Crippen molar-refractivity contribution in [3.63, 3.8) is 0 Å². The van der Waals surface area contributed by atoms with Crippen LogP contribution in [0.15, 0.2) is 58.5 Å². The average molecular weight is 409 g/mol. The van der Waals surface area contributed by atoms with Gasteiger partial charge in [0.05, 0.1) is 12.8 Å². The van der Waals surface area contributed by atoms with Gasteiger partial charge in [0.1, 0.15) is 11.4 Å². The summed E-state index contributed by atoms with van der Waals surface area (Å²) in [6.45, 7) is 5.37. The topological polar surface area (TPSA) is 47.9 Å². The third-order valence-electron chi connectivity index (χ3n) is 5.32. The number of ether oxygens (including phenoxy) is 2. The molecule has 0 aliphatic carbocycles. The highest BCUT2D eigenvalue weighted by Crippen LogP contribution is 2.36. The van der Waals surface area contributed by atoms with Crippen LogP contribution >= 0.6 is 11.3 Å². The molecule has 2 heterocycles. The van der Waals surface area contributed by atoms with Gasteiger partial charge in [-0.05, 0) is 53.6 Å². The van der Waals surface area contributed by atoms with Crippen LogP contribution in [0.3, 0.4) is 0 Å². The summed E-state index contributed by atoms with van der Waals surface area (Å²) >= 11 is 1.62. The predicted octanol–water partition coefficient (Wildman–Crippen LogP) is 5.11. The van der Waals surface area contributed by atoms with Gasteiger partial charge < -0.3 is 14.3 Å². The van der Waals surface area contributed by atoms with Crippen LogP contribution in [-0.4, -0.2) is 38.9 Å². The van der Waals surface area contributed by atoms with E-state index >= 15 is 0 Å². The van der Waals surface area contributed by atoms with Gasteiger partial charge in [-0.1, -0.05) is 38.1 Å². The Morgan fingerprint density at radius 3 is 2.93 bits per heavy atom. The van der Waals surface area contributed by atoms with E-state index in [1.165, 1.54) is 5.56 Å². The minimum absolute atomic E-state index is 0.0696. The van der Waals surface area contributed by atoms with Crippen molar-refractivity contribution < 1.29 is 14.3 Å². The second-order valence-corrected chi connectivity index (χ2v) is 8.98. The number of allylic oxidation sites excluding steroid dienone is 2. The van der Waals surface area contributed by atoms with E-state index < -0.39 is 0 Å². The van der Waals surface area contributed by atoms with Crippen LogP contribution in [0.4, 0.5) is 0 Å². The van der Waals surface area contributed by atoms with E-state index in [4.69, 9.17) is 9.47 Å². The fourth-order valence-corrected chi connectivity index (χ4v) is 4.20. The van der Waals surface area contributed by atoms with Gasteiger partial charge in [-0.2, -0.15) is 0 Å². The molecule has 6 heteroatoms. The fourth-order valence-electron chi connectivity index (χ4n) is 3.61. The first-order chi connectivity index (χ1) is 14.0.